The van der Waals surface area contributed by atoms with Crippen molar-refractivity contribution in [1.82, 2.24) is 4.98 Å². The summed E-state index contributed by atoms with van der Waals surface area (Å²) in [7, 11) is 0. The Balaban J connectivity index is 2.07. The van der Waals surface area contributed by atoms with Gasteiger partial charge in [0.15, 0.2) is 0 Å². The zero-order valence-corrected chi connectivity index (χ0v) is 15.5. The number of aryl methyl sites for hydroxylation is 1. The summed E-state index contributed by atoms with van der Waals surface area (Å²) in [5.74, 6) is 0.116. The third-order valence-corrected chi connectivity index (χ3v) is 5.25. The van der Waals surface area contributed by atoms with Crippen molar-refractivity contribution in [2.45, 2.75) is 19.3 Å². The fourth-order valence-electron chi connectivity index (χ4n) is 3.73. The van der Waals surface area contributed by atoms with Gasteiger partial charge >= 0.3 is 0 Å². The maximum atomic E-state index is 11.3. The lowest BCUT2D eigenvalue weighted by Gasteiger charge is -2.17. The molecular formula is C21H15ClN4O2. The standard InChI is InChI=1S/C21H15ClN4O2/c22-14-7-4-13(5-8-14)20-16-3-1-2-12-6-9-15(26(27)28)10-17(12)19(16)18(11-23)21(24)25-20/h4-10H,1-3H2,(H2,24,25). The van der Waals surface area contributed by atoms with Crippen LogP contribution in [0.25, 0.3) is 22.4 Å². The van der Waals surface area contributed by atoms with Crippen molar-refractivity contribution < 1.29 is 4.92 Å². The Hall–Kier alpha value is -3.43. The van der Waals surface area contributed by atoms with Crippen molar-refractivity contribution in [3.05, 3.63) is 74.3 Å². The van der Waals surface area contributed by atoms with E-state index < -0.39 is 4.92 Å². The molecule has 28 heavy (non-hydrogen) atoms. The zero-order valence-electron chi connectivity index (χ0n) is 14.8. The highest BCUT2D eigenvalue weighted by atomic mass is 35.5. The van der Waals surface area contributed by atoms with Gasteiger partial charge in [-0.05, 0) is 48.1 Å². The highest BCUT2D eigenvalue weighted by Crippen LogP contribution is 2.42. The van der Waals surface area contributed by atoms with Gasteiger partial charge in [0, 0.05) is 28.3 Å². The fourth-order valence-corrected chi connectivity index (χ4v) is 3.85. The van der Waals surface area contributed by atoms with Crippen LogP contribution in [0.4, 0.5) is 11.5 Å². The van der Waals surface area contributed by atoms with Gasteiger partial charge in [0.05, 0.1) is 10.6 Å². The van der Waals surface area contributed by atoms with E-state index in [1.807, 2.05) is 12.1 Å². The van der Waals surface area contributed by atoms with Gasteiger partial charge in [0.1, 0.15) is 17.5 Å². The largest absolute Gasteiger partial charge is 0.383 e. The number of halogens is 1. The van der Waals surface area contributed by atoms with Crippen LogP contribution in [-0.4, -0.2) is 9.91 Å². The van der Waals surface area contributed by atoms with E-state index in [4.69, 9.17) is 17.3 Å². The molecule has 0 fully saturated rings. The number of nitrogen functional groups attached to an aromatic ring is 1. The molecular weight excluding hydrogens is 376 g/mol. The molecule has 4 rings (SSSR count). The summed E-state index contributed by atoms with van der Waals surface area (Å²) in [5.41, 5.74) is 11.1. The van der Waals surface area contributed by atoms with Crippen molar-refractivity contribution in [3.8, 4) is 28.5 Å². The van der Waals surface area contributed by atoms with E-state index in [2.05, 4.69) is 11.1 Å². The quantitative estimate of drug-likeness (QED) is 0.493. The number of anilines is 1. The number of nitro groups is 1. The molecule has 1 heterocycles. The number of rotatable bonds is 2. The number of non-ortho nitro benzene ring substituents is 1. The molecule has 2 aromatic carbocycles. The first-order valence-corrected chi connectivity index (χ1v) is 9.13. The number of nitro benzene ring substituents is 1. The number of nitrogens with zero attached hydrogens (tertiary/aromatic N) is 3. The number of fused-ring (bicyclic) bond motifs is 3. The second kappa shape index (κ2) is 6.95. The molecule has 0 spiro atoms. The normalized spacial score (nSPS) is 12.4. The average Bonchev–Trinajstić information content (AvgIpc) is 2.87. The summed E-state index contributed by atoms with van der Waals surface area (Å²) < 4.78 is 0. The van der Waals surface area contributed by atoms with Crippen LogP contribution in [0.15, 0.2) is 42.5 Å². The van der Waals surface area contributed by atoms with Crippen LogP contribution < -0.4 is 5.73 Å². The van der Waals surface area contributed by atoms with Crippen molar-refractivity contribution in [1.29, 1.82) is 5.26 Å². The van der Waals surface area contributed by atoms with E-state index in [-0.39, 0.29) is 17.1 Å². The SMILES string of the molecule is N#Cc1c(N)nc(-c2ccc(Cl)cc2)c2c1-c1cc([N+](=O)[O-])ccc1CCC2. The molecule has 1 aliphatic rings. The van der Waals surface area contributed by atoms with E-state index in [1.54, 1.807) is 18.2 Å². The number of hydrogen-bond donors (Lipinski definition) is 1. The number of benzene rings is 2. The topological polar surface area (TPSA) is 106 Å². The van der Waals surface area contributed by atoms with Gasteiger partial charge in [-0.15, -0.1) is 0 Å². The molecule has 138 valence electrons. The third-order valence-electron chi connectivity index (χ3n) is 5.00. The first kappa shape index (κ1) is 18.0. The molecule has 2 N–H and O–H groups in total. The van der Waals surface area contributed by atoms with Crippen molar-refractivity contribution >= 4 is 23.1 Å². The summed E-state index contributed by atoms with van der Waals surface area (Å²) in [6, 6.07) is 14.2. The van der Waals surface area contributed by atoms with Crippen LogP contribution in [0.1, 0.15) is 23.1 Å². The van der Waals surface area contributed by atoms with Gasteiger partial charge in [-0.1, -0.05) is 29.8 Å². The van der Waals surface area contributed by atoms with Crippen LogP contribution in [-0.2, 0) is 12.8 Å². The first-order valence-electron chi connectivity index (χ1n) is 8.75. The van der Waals surface area contributed by atoms with Gasteiger partial charge in [-0.2, -0.15) is 5.26 Å². The predicted octanol–water partition coefficient (Wildman–Crippen LogP) is 4.92. The molecule has 0 aliphatic heterocycles. The molecule has 7 heteroatoms. The molecule has 0 atom stereocenters. The lowest BCUT2D eigenvalue weighted by molar-refractivity contribution is -0.384. The van der Waals surface area contributed by atoms with Crippen LogP contribution in [0.3, 0.4) is 0 Å². The van der Waals surface area contributed by atoms with E-state index in [0.29, 0.717) is 28.3 Å². The van der Waals surface area contributed by atoms with Gasteiger partial charge in [-0.25, -0.2) is 4.98 Å². The molecule has 0 saturated carbocycles. The number of nitrogens with two attached hydrogens (primary N) is 1. The molecule has 0 unspecified atom stereocenters. The lowest BCUT2D eigenvalue weighted by atomic mass is 9.90. The summed E-state index contributed by atoms with van der Waals surface area (Å²) >= 11 is 6.01. The Morgan fingerprint density at radius 2 is 1.93 bits per heavy atom. The number of pyridine rings is 1. The molecule has 0 amide bonds. The highest BCUT2D eigenvalue weighted by Gasteiger charge is 2.26. The Bertz CT molecular complexity index is 1150. The Kier molecular flexibility index (Phi) is 4.46. The van der Waals surface area contributed by atoms with E-state index in [1.165, 1.54) is 12.1 Å². The predicted molar refractivity (Wildman–Crippen MR) is 108 cm³/mol. The summed E-state index contributed by atoms with van der Waals surface area (Å²) in [5, 5.41) is 21.7. The minimum atomic E-state index is -0.429. The smallest absolute Gasteiger partial charge is 0.270 e. The third kappa shape index (κ3) is 2.96. The second-order valence-corrected chi connectivity index (χ2v) is 7.08. The molecule has 1 aliphatic carbocycles. The number of hydrogen-bond acceptors (Lipinski definition) is 5. The summed E-state index contributed by atoms with van der Waals surface area (Å²) in [6.45, 7) is 0. The molecule has 0 saturated heterocycles. The second-order valence-electron chi connectivity index (χ2n) is 6.65. The average molecular weight is 391 g/mol. The molecule has 0 radical (unpaired) electrons. The van der Waals surface area contributed by atoms with Crippen LogP contribution in [0.2, 0.25) is 5.02 Å². The maximum absolute atomic E-state index is 11.3. The Morgan fingerprint density at radius 3 is 2.61 bits per heavy atom. The molecule has 3 aromatic rings. The summed E-state index contributed by atoms with van der Waals surface area (Å²) in [4.78, 5) is 15.4. The fraction of sp³-hybridized carbons (Fsp3) is 0.143. The van der Waals surface area contributed by atoms with Crippen LogP contribution in [0, 0.1) is 21.4 Å². The Morgan fingerprint density at radius 1 is 1.18 bits per heavy atom. The van der Waals surface area contributed by atoms with Crippen LogP contribution in [0.5, 0.6) is 0 Å². The minimum Gasteiger partial charge on any atom is -0.383 e. The molecule has 6 nitrogen and oxygen atoms in total. The van der Waals surface area contributed by atoms with Gasteiger partial charge in [-0.3, -0.25) is 10.1 Å². The van der Waals surface area contributed by atoms with Gasteiger partial charge in [0.2, 0.25) is 0 Å². The minimum absolute atomic E-state index is 0.0149. The molecule has 0 bridgehead atoms. The first-order chi connectivity index (χ1) is 13.5. The maximum Gasteiger partial charge on any atom is 0.270 e. The monoisotopic (exact) mass is 390 g/mol. The molecule has 1 aromatic heterocycles. The highest BCUT2D eigenvalue weighted by molar-refractivity contribution is 6.30. The zero-order chi connectivity index (χ0) is 19.8. The van der Waals surface area contributed by atoms with Crippen molar-refractivity contribution in [2.75, 3.05) is 5.73 Å². The van der Waals surface area contributed by atoms with Crippen molar-refractivity contribution in [2.24, 2.45) is 0 Å². The van der Waals surface area contributed by atoms with Crippen LogP contribution >= 0.6 is 11.6 Å². The summed E-state index contributed by atoms with van der Waals surface area (Å²) in [6.07, 6.45) is 2.29. The Labute approximate surface area is 166 Å². The van der Waals surface area contributed by atoms with Gasteiger partial charge < -0.3 is 5.73 Å². The lowest BCUT2D eigenvalue weighted by Crippen LogP contribution is -2.05. The van der Waals surface area contributed by atoms with E-state index in [0.717, 1.165) is 29.5 Å². The van der Waals surface area contributed by atoms with Crippen molar-refractivity contribution in [3.63, 3.8) is 0 Å². The number of aromatic nitrogens is 1. The van der Waals surface area contributed by atoms with E-state index in [9.17, 15) is 15.4 Å². The van der Waals surface area contributed by atoms with Gasteiger partial charge in [0.25, 0.3) is 5.69 Å². The van der Waals surface area contributed by atoms with E-state index >= 15 is 0 Å². The number of nitriles is 1.